The minimum absolute atomic E-state index is 0.00519. The van der Waals surface area contributed by atoms with Crippen molar-refractivity contribution in [1.82, 2.24) is 19.8 Å². The number of anilines is 3. The summed E-state index contributed by atoms with van der Waals surface area (Å²) in [7, 11) is 2.16. The van der Waals surface area contributed by atoms with E-state index in [4.69, 9.17) is 17.3 Å². The maximum Gasteiger partial charge on any atom is 0.271 e. The first-order valence-electron chi connectivity index (χ1n) is 11.9. The fourth-order valence-corrected chi connectivity index (χ4v) is 5.09. The van der Waals surface area contributed by atoms with Crippen molar-refractivity contribution in [1.29, 1.82) is 0 Å². The van der Waals surface area contributed by atoms with Gasteiger partial charge in [0.2, 0.25) is 0 Å². The molecule has 35 heavy (non-hydrogen) atoms. The molecule has 0 bridgehead atoms. The maximum atomic E-state index is 15.1. The Labute approximate surface area is 210 Å². The molecule has 0 radical (unpaired) electrons. The van der Waals surface area contributed by atoms with Crippen LogP contribution in [0, 0.1) is 5.82 Å². The number of carbonyl (C=O) groups excluding carboxylic acids is 1. The summed E-state index contributed by atoms with van der Waals surface area (Å²) in [6, 6.07) is 5.39. The van der Waals surface area contributed by atoms with Crippen molar-refractivity contribution in [3.05, 3.63) is 40.6 Å². The molecule has 190 valence electrons. The number of piperidine rings is 1. The Morgan fingerprint density at radius 3 is 2.40 bits per heavy atom. The van der Waals surface area contributed by atoms with Gasteiger partial charge in [0.25, 0.3) is 5.91 Å². The van der Waals surface area contributed by atoms with Crippen molar-refractivity contribution in [2.45, 2.75) is 38.3 Å². The van der Waals surface area contributed by atoms with E-state index in [2.05, 4.69) is 37.0 Å². The summed E-state index contributed by atoms with van der Waals surface area (Å²) in [6.45, 7) is 8.56. The second kappa shape index (κ2) is 10.2. The van der Waals surface area contributed by atoms with Crippen molar-refractivity contribution >= 4 is 34.7 Å². The van der Waals surface area contributed by atoms with Crippen LogP contribution in [-0.4, -0.2) is 83.1 Å². The molecule has 4 rings (SSSR count). The van der Waals surface area contributed by atoms with Crippen molar-refractivity contribution in [2.75, 3.05) is 56.5 Å². The van der Waals surface area contributed by atoms with E-state index in [0.29, 0.717) is 17.4 Å². The highest BCUT2D eigenvalue weighted by Crippen LogP contribution is 2.30. The third-order valence-corrected chi connectivity index (χ3v) is 7.00. The van der Waals surface area contributed by atoms with Gasteiger partial charge in [0.05, 0.1) is 5.69 Å². The zero-order valence-electron chi connectivity index (χ0n) is 20.4. The third-order valence-electron chi connectivity index (χ3n) is 6.74. The molecule has 4 N–H and O–H groups in total. The summed E-state index contributed by atoms with van der Waals surface area (Å²) in [5, 5.41) is 13.0. The van der Waals surface area contributed by atoms with E-state index >= 15 is 4.39 Å². The lowest BCUT2D eigenvalue weighted by Crippen LogP contribution is -2.53. The second-order valence-electron chi connectivity index (χ2n) is 9.83. The Morgan fingerprint density at radius 2 is 1.83 bits per heavy atom. The van der Waals surface area contributed by atoms with Gasteiger partial charge in [-0.05, 0) is 65.0 Å². The largest absolute Gasteiger partial charge is 0.384 e. The minimum Gasteiger partial charge on any atom is -0.384 e. The summed E-state index contributed by atoms with van der Waals surface area (Å²) in [5.74, 6) is -1.23. The quantitative estimate of drug-likeness (QED) is 0.549. The highest BCUT2D eigenvalue weighted by molar-refractivity contribution is 6.30. The van der Waals surface area contributed by atoms with Gasteiger partial charge in [-0.25, -0.2) is 14.4 Å². The molecule has 3 heterocycles. The van der Waals surface area contributed by atoms with E-state index in [-0.39, 0.29) is 28.2 Å². The number of amides is 1. The van der Waals surface area contributed by atoms with Gasteiger partial charge in [-0.3, -0.25) is 9.69 Å². The number of aliphatic hydroxyl groups is 1. The molecular formula is C24H33ClFN7O2. The fraction of sp³-hybridized carbons (Fsp3) is 0.542. The van der Waals surface area contributed by atoms with Gasteiger partial charge < -0.3 is 26.0 Å². The van der Waals surface area contributed by atoms with Gasteiger partial charge in [0, 0.05) is 37.9 Å². The van der Waals surface area contributed by atoms with Gasteiger partial charge in [-0.2, -0.15) is 0 Å². The van der Waals surface area contributed by atoms with Gasteiger partial charge in [0.1, 0.15) is 17.1 Å². The Hall–Kier alpha value is -2.53. The molecular weight excluding hydrogens is 473 g/mol. The van der Waals surface area contributed by atoms with E-state index in [1.807, 2.05) is 0 Å². The summed E-state index contributed by atoms with van der Waals surface area (Å²) in [5.41, 5.74) is 4.79. The zero-order chi connectivity index (χ0) is 25.3. The Morgan fingerprint density at radius 1 is 1.17 bits per heavy atom. The molecule has 2 aliphatic heterocycles. The molecule has 1 aromatic carbocycles. The van der Waals surface area contributed by atoms with E-state index in [9.17, 15) is 9.90 Å². The lowest BCUT2D eigenvalue weighted by molar-refractivity contribution is 0.0732. The molecule has 2 aliphatic rings. The molecule has 9 nitrogen and oxygen atoms in total. The minimum atomic E-state index is -1.42. The lowest BCUT2D eigenvalue weighted by Gasteiger charge is -2.42. The molecule has 11 heteroatoms. The molecule has 1 amide bonds. The van der Waals surface area contributed by atoms with Crippen LogP contribution >= 0.6 is 11.6 Å². The van der Waals surface area contributed by atoms with Crippen LogP contribution in [0.5, 0.6) is 0 Å². The molecule has 2 aromatic rings. The Balaban J connectivity index is 1.46. The van der Waals surface area contributed by atoms with Gasteiger partial charge in [-0.1, -0.05) is 11.6 Å². The number of aromatic nitrogens is 2. The molecule has 0 spiro atoms. The van der Waals surface area contributed by atoms with Crippen LogP contribution in [0.1, 0.15) is 42.9 Å². The lowest BCUT2D eigenvalue weighted by atomic mass is 10.0. The first-order chi connectivity index (χ1) is 16.5. The van der Waals surface area contributed by atoms with Crippen molar-refractivity contribution in [3.8, 4) is 0 Å². The molecule has 0 aliphatic carbocycles. The van der Waals surface area contributed by atoms with Crippen LogP contribution in [0.25, 0.3) is 0 Å². The van der Waals surface area contributed by atoms with Gasteiger partial charge >= 0.3 is 0 Å². The van der Waals surface area contributed by atoms with E-state index in [1.165, 1.54) is 32.8 Å². The smallest absolute Gasteiger partial charge is 0.271 e. The predicted octanol–water partition coefficient (Wildman–Crippen LogP) is 2.56. The van der Waals surface area contributed by atoms with Crippen LogP contribution in [0.3, 0.4) is 0 Å². The third kappa shape index (κ3) is 5.83. The summed E-state index contributed by atoms with van der Waals surface area (Å²) >= 11 is 6.18. The van der Waals surface area contributed by atoms with E-state index in [1.54, 1.807) is 12.1 Å². The number of nitrogens with two attached hydrogens (primary N) is 1. The maximum absolute atomic E-state index is 15.1. The number of hydrogen-bond donors (Lipinski definition) is 3. The fourth-order valence-electron chi connectivity index (χ4n) is 4.73. The van der Waals surface area contributed by atoms with Crippen molar-refractivity contribution in [3.63, 3.8) is 0 Å². The number of hydrogen-bond acceptors (Lipinski definition) is 8. The second-order valence-corrected chi connectivity index (χ2v) is 10.2. The molecule has 2 saturated heterocycles. The van der Waals surface area contributed by atoms with Crippen LogP contribution in [0.4, 0.5) is 21.6 Å². The average molecular weight is 506 g/mol. The van der Waals surface area contributed by atoms with Crippen LogP contribution in [0.15, 0.2) is 18.2 Å². The van der Waals surface area contributed by atoms with E-state index in [0.717, 1.165) is 39.3 Å². The molecule has 1 aromatic heterocycles. The highest BCUT2D eigenvalue weighted by Gasteiger charge is 2.28. The normalized spacial score (nSPS) is 18.6. The van der Waals surface area contributed by atoms with Crippen molar-refractivity contribution < 1.29 is 14.3 Å². The number of likely N-dealkylation sites (tertiary alicyclic amines) is 1. The number of benzene rings is 1. The average Bonchev–Trinajstić information content (AvgIpc) is 2.79. The number of rotatable bonds is 6. The molecule has 2 fully saturated rings. The topological polar surface area (TPSA) is 111 Å². The van der Waals surface area contributed by atoms with Crippen molar-refractivity contribution in [2.24, 2.45) is 5.73 Å². The number of halogens is 2. The number of carbonyl (C=O) groups is 1. The standard InChI is InChI=1S/C24H33ClFN7O2/c1-24(2,35)20-21(25)30-23(19(29-20)22(27)34)28-15-4-5-18(17(26)14-15)33-12-10-32(11-13-33)16-6-8-31(3)9-7-16/h4-5,14,16,35H,6-13H2,1-3H3,(H2,27,34)(H,28,30). The first-order valence-corrected chi connectivity index (χ1v) is 12.2. The van der Waals surface area contributed by atoms with Gasteiger partial charge in [-0.15, -0.1) is 0 Å². The van der Waals surface area contributed by atoms with Crippen LogP contribution in [0.2, 0.25) is 5.15 Å². The van der Waals surface area contributed by atoms with E-state index < -0.39 is 11.5 Å². The van der Waals surface area contributed by atoms with Crippen LogP contribution < -0.4 is 16.0 Å². The van der Waals surface area contributed by atoms with Gasteiger partial charge in [0.15, 0.2) is 16.7 Å². The number of piperazine rings is 1. The predicted molar refractivity (Wildman–Crippen MR) is 135 cm³/mol. The molecule has 0 atom stereocenters. The highest BCUT2D eigenvalue weighted by atomic mass is 35.5. The summed E-state index contributed by atoms with van der Waals surface area (Å²) in [4.78, 5) is 27.2. The Kier molecular flexibility index (Phi) is 7.46. The molecule has 0 unspecified atom stereocenters. The first kappa shape index (κ1) is 25.6. The summed E-state index contributed by atoms with van der Waals surface area (Å²) < 4.78 is 15.1. The number of nitrogens with zero attached hydrogens (tertiary/aromatic N) is 5. The number of primary amides is 1. The zero-order valence-corrected chi connectivity index (χ0v) is 21.1. The monoisotopic (exact) mass is 505 g/mol. The van der Waals surface area contributed by atoms with Crippen LogP contribution in [-0.2, 0) is 5.60 Å². The number of nitrogens with one attached hydrogen (secondary N) is 1. The Bertz CT molecular complexity index is 1080. The summed E-state index contributed by atoms with van der Waals surface area (Å²) in [6.07, 6.45) is 2.37. The molecule has 0 saturated carbocycles. The SMILES string of the molecule is CN1CCC(N2CCN(c3ccc(Nc4nc(Cl)c(C(C)(C)O)nc4C(N)=O)cc3F)CC2)CC1.